The highest BCUT2D eigenvalue weighted by atomic mass is 32.2. The number of benzene rings is 1. The van der Waals surface area contributed by atoms with Crippen LogP contribution in [0.4, 0.5) is 0 Å². The van der Waals surface area contributed by atoms with E-state index in [-0.39, 0.29) is 0 Å². The molecule has 17 heavy (non-hydrogen) atoms. The van der Waals surface area contributed by atoms with Crippen LogP contribution < -0.4 is 0 Å². The lowest BCUT2D eigenvalue weighted by Crippen LogP contribution is -1.96. The molecule has 2 aromatic rings. The second-order valence-corrected chi connectivity index (χ2v) is 4.91. The molecule has 1 heterocycles. The normalized spacial score (nSPS) is 12.7. The van der Waals surface area contributed by atoms with Crippen molar-refractivity contribution < 1.29 is 5.11 Å². The van der Waals surface area contributed by atoms with E-state index in [1.54, 1.807) is 6.92 Å². The molecule has 4 nitrogen and oxygen atoms in total. The highest BCUT2D eigenvalue weighted by Crippen LogP contribution is 2.31. The van der Waals surface area contributed by atoms with Crippen LogP contribution in [-0.4, -0.2) is 19.9 Å². The molecule has 2 rings (SSSR count). The molecule has 0 aliphatic carbocycles. The lowest BCUT2D eigenvalue weighted by atomic mass is 10.1. The molecule has 1 aromatic heterocycles. The van der Waals surface area contributed by atoms with Gasteiger partial charge in [0.15, 0.2) is 5.16 Å². The summed E-state index contributed by atoms with van der Waals surface area (Å²) >= 11 is 1.52. The van der Waals surface area contributed by atoms with Gasteiger partial charge >= 0.3 is 0 Å². The van der Waals surface area contributed by atoms with E-state index in [0.717, 1.165) is 21.4 Å². The summed E-state index contributed by atoms with van der Waals surface area (Å²) in [4.78, 5) is 1.01. The summed E-state index contributed by atoms with van der Waals surface area (Å²) in [6.07, 6.45) is -0.479. The molecule has 0 aliphatic heterocycles. The first kappa shape index (κ1) is 12.1. The summed E-state index contributed by atoms with van der Waals surface area (Å²) in [5.41, 5.74) is 0.915. The maximum Gasteiger partial charge on any atom is 0.195 e. The standard InChI is InChI=1S/C12H15N3OS/c1-8(16)10-6-4-5-7-11(10)17-12-14-13-9(2)15(12)3/h4-8,16H,1-3H3/t8-/m0/s1. The van der Waals surface area contributed by atoms with Gasteiger partial charge < -0.3 is 9.67 Å². The molecule has 5 heteroatoms. The van der Waals surface area contributed by atoms with Crippen LogP contribution in [0.15, 0.2) is 34.3 Å². The van der Waals surface area contributed by atoms with Gasteiger partial charge in [-0.15, -0.1) is 10.2 Å². The monoisotopic (exact) mass is 249 g/mol. The molecule has 90 valence electrons. The third kappa shape index (κ3) is 2.50. The van der Waals surface area contributed by atoms with Crippen LogP contribution in [0.2, 0.25) is 0 Å². The molecule has 0 spiro atoms. The third-order valence-corrected chi connectivity index (χ3v) is 3.75. The Labute approximate surface area is 105 Å². The first-order chi connectivity index (χ1) is 8.09. The van der Waals surface area contributed by atoms with E-state index in [0.29, 0.717) is 0 Å². The van der Waals surface area contributed by atoms with Gasteiger partial charge in [0.25, 0.3) is 0 Å². The smallest absolute Gasteiger partial charge is 0.195 e. The molecule has 0 radical (unpaired) electrons. The van der Waals surface area contributed by atoms with Gasteiger partial charge in [-0.05, 0) is 37.2 Å². The van der Waals surface area contributed by atoms with Crippen LogP contribution in [0.1, 0.15) is 24.4 Å². The average Bonchev–Trinajstić information content (AvgIpc) is 2.61. The fraction of sp³-hybridized carbons (Fsp3) is 0.333. The third-order valence-electron chi connectivity index (χ3n) is 2.62. The van der Waals surface area contributed by atoms with Gasteiger partial charge in [-0.3, -0.25) is 0 Å². The largest absolute Gasteiger partial charge is 0.389 e. The highest BCUT2D eigenvalue weighted by molar-refractivity contribution is 7.99. The molecule has 0 aliphatic rings. The van der Waals surface area contributed by atoms with Gasteiger partial charge in [0.2, 0.25) is 0 Å². The minimum atomic E-state index is -0.479. The van der Waals surface area contributed by atoms with Crippen molar-refractivity contribution in [3.05, 3.63) is 35.7 Å². The van der Waals surface area contributed by atoms with E-state index in [1.807, 2.05) is 42.8 Å². The zero-order valence-corrected chi connectivity index (χ0v) is 10.9. The molecule has 0 fully saturated rings. The quantitative estimate of drug-likeness (QED) is 0.907. The number of aryl methyl sites for hydroxylation is 1. The number of rotatable bonds is 3. The van der Waals surface area contributed by atoms with Crippen molar-refractivity contribution in [3.8, 4) is 0 Å². The molecular formula is C12H15N3OS. The van der Waals surface area contributed by atoms with Crippen LogP contribution in [0.25, 0.3) is 0 Å². The van der Waals surface area contributed by atoms with Gasteiger partial charge in [0, 0.05) is 11.9 Å². The van der Waals surface area contributed by atoms with Gasteiger partial charge in [-0.1, -0.05) is 18.2 Å². The summed E-state index contributed by atoms with van der Waals surface area (Å²) in [5, 5.41) is 18.7. The second-order valence-electron chi connectivity index (χ2n) is 3.90. The minimum Gasteiger partial charge on any atom is -0.389 e. The van der Waals surface area contributed by atoms with Crippen molar-refractivity contribution in [2.75, 3.05) is 0 Å². The van der Waals surface area contributed by atoms with Gasteiger partial charge in [-0.25, -0.2) is 0 Å². The number of aromatic nitrogens is 3. The molecule has 0 bridgehead atoms. The summed E-state index contributed by atoms with van der Waals surface area (Å²) in [5.74, 6) is 0.877. The van der Waals surface area contributed by atoms with Gasteiger partial charge in [-0.2, -0.15) is 0 Å². The Balaban J connectivity index is 2.33. The van der Waals surface area contributed by atoms with Gasteiger partial charge in [0.1, 0.15) is 5.82 Å². The Bertz CT molecular complexity index is 522. The predicted molar refractivity (Wildman–Crippen MR) is 66.9 cm³/mol. The Morgan fingerprint density at radius 1 is 1.29 bits per heavy atom. The van der Waals surface area contributed by atoms with E-state index in [1.165, 1.54) is 11.8 Å². The van der Waals surface area contributed by atoms with Crippen molar-refractivity contribution in [1.29, 1.82) is 0 Å². The molecule has 1 aromatic carbocycles. The Hall–Kier alpha value is -1.33. The number of hydrogen-bond acceptors (Lipinski definition) is 4. The maximum atomic E-state index is 9.70. The number of aliphatic hydroxyl groups excluding tert-OH is 1. The number of hydrogen-bond donors (Lipinski definition) is 1. The molecule has 1 atom stereocenters. The first-order valence-corrected chi connectivity index (χ1v) is 6.22. The fourth-order valence-corrected chi connectivity index (χ4v) is 2.54. The zero-order valence-electron chi connectivity index (χ0n) is 10.1. The molecule has 0 saturated carbocycles. The molecule has 0 amide bonds. The first-order valence-electron chi connectivity index (χ1n) is 5.40. The van der Waals surface area contributed by atoms with Crippen molar-refractivity contribution in [3.63, 3.8) is 0 Å². The van der Waals surface area contributed by atoms with E-state index in [2.05, 4.69) is 10.2 Å². The van der Waals surface area contributed by atoms with Crippen molar-refractivity contribution in [1.82, 2.24) is 14.8 Å². The van der Waals surface area contributed by atoms with E-state index in [9.17, 15) is 5.11 Å². The molecule has 1 N–H and O–H groups in total. The highest BCUT2D eigenvalue weighted by Gasteiger charge is 2.12. The van der Waals surface area contributed by atoms with E-state index in [4.69, 9.17) is 0 Å². The van der Waals surface area contributed by atoms with Crippen LogP contribution in [0.3, 0.4) is 0 Å². The topological polar surface area (TPSA) is 50.9 Å². The van der Waals surface area contributed by atoms with Crippen LogP contribution in [0.5, 0.6) is 0 Å². The number of aliphatic hydroxyl groups is 1. The van der Waals surface area contributed by atoms with E-state index < -0.39 is 6.10 Å². The molecule has 0 unspecified atom stereocenters. The minimum absolute atomic E-state index is 0.479. The summed E-state index contributed by atoms with van der Waals surface area (Å²) in [6, 6.07) is 7.79. The molecule has 0 saturated heterocycles. The SMILES string of the molecule is Cc1nnc(Sc2ccccc2[C@H](C)O)n1C. The zero-order chi connectivity index (χ0) is 12.4. The summed E-state index contributed by atoms with van der Waals surface area (Å²) < 4.78 is 1.93. The van der Waals surface area contributed by atoms with Crippen LogP contribution >= 0.6 is 11.8 Å². The summed E-state index contributed by atoms with van der Waals surface area (Å²) in [6.45, 7) is 3.68. The number of nitrogens with zero attached hydrogens (tertiary/aromatic N) is 3. The Kier molecular flexibility index (Phi) is 3.49. The Morgan fingerprint density at radius 2 is 2.00 bits per heavy atom. The maximum absolute atomic E-state index is 9.70. The lowest BCUT2D eigenvalue weighted by Gasteiger charge is -2.10. The van der Waals surface area contributed by atoms with E-state index >= 15 is 0 Å². The molecular weight excluding hydrogens is 234 g/mol. The lowest BCUT2D eigenvalue weighted by molar-refractivity contribution is 0.196. The van der Waals surface area contributed by atoms with Crippen molar-refractivity contribution in [2.24, 2.45) is 7.05 Å². The van der Waals surface area contributed by atoms with Crippen molar-refractivity contribution in [2.45, 2.75) is 30.0 Å². The second kappa shape index (κ2) is 4.89. The fourth-order valence-electron chi connectivity index (χ4n) is 1.49. The van der Waals surface area contributed by atoms with Crippen LogP contribution in [-0.2, 0) is 7.05 Å². The average molecular weight is 249 g/mol. The van der Waals surface area contributed by atoms with Crippen LogP contribution in [0, 0.1) is 6.92 Å². The van der Waals surface area contributed by atoms with Crippen molar-refractivity contribution >= 4 is 11.8 Å². The summed E-state index contributed by atoms with van der Waals surface area (Å²) in [7, 11) is 1.93. The van der Waals surface area contributed by atoms with Gasteiger partial charge in [0.05, 0.1) is 6.10 Å². The predicted octanol–water partition coefficient (Wildman–Crippen LogP) is 2.33. The Morgan fingerprint density at radius 3 is 2.59 bits per heavy atom.